The Morgan fingerprint density at radius 2 is 2.00 bits per heavy atom. The summed E-state index contributed by atoms with van der Waals surface area (Å²) in [4.78, 5) is 4.32. The third-order valence-electron chi connectivity index (χ3n) is 2.86. The van der Waals surface area contributed by atoms with E-state index in [1.165, 1.54) is 0 Å². The number of furan rings is 1. The minimum absolute atomic E-state index is 0.612. The maximum Gasteiger partial charge on any atom is 0.143 e. The van der Waals surface area contributed by atoms with Crippen LogP contribution in [0, 0.1) is 11.3 Å². The number of pyridine rings is 1. The van der Waals surface area contributed by atoms with Crippen molar-refractivity contribution in [2.24, 2.45) is 0 Å². The molecule has 3 heteroatoms. The van der Waals surface area contributed by atoms with Crippen molar-refractivity contribution in [2.45, 2.75) is 0 Å². The Morgan fingerprint density at radius 3 is 2.79 bits per heavy atom. The first-order chi connectivity index (χ1) is 9.38. The topological polar surface area (TPSA) is 49.8 Å². The van der Waals surface area contributed by atoms with Gasteiger partial charge in [-0.1, -0.05) is 18.2 Å². The fourth-order valence-corrected chi connectivity index (χ4v) is 1.99. The highest BCUT2D eigenvalue weighted by molar-refractivity contribution is 5.78. The van der Waals surface area contributed by atoms with Crippen molar-refractivity contribution < 1.29 is 4.42 Å². The second-order valence-corrected chi connectivity index (χ2v) is 4.07. The summed E-state index contributed by atoms with van der Waals surface area (Å²) >= 11 is 0. The second-order valence-electron chi connectivity index (χ2n) is 4.07. The number of nitriles is 1. The summed E-state index contributed by atoms with van der Waals surface area (Å²) in [5, 5.41) is 8.95. The van der Waals surface area contributed by atoms with E-state index in [0.717, 1.165) is 22.6 Å². The zero-order valence-corrected chi connectivity index (χ0v) is 10.1. The van der Waals surface area contributed by atoms with Crippen LogP contribution in [0.1, 0.15) is 5.56 Å². The van der Waals surface area contributed by atoms with Crippen molar-refractivity contribution >= 4 is 0 Å². The first-order valence-corrected chi connectivity index (χ1v) is 5.88. The van der Waals surface area contributed by atoms with Gasteiger partial charge in [-0.15, -0.1) is 0 Å². The van der Waals surface area contributed by atoms with Gasteiger partial charge >= 0.3 is 0 Å². The van der Waals surface area contributed by atoms with E-state index in [9.17, 15) is 0 Å². The van der Waals surface area contributed by atoms with Crippen molar-refractivity contribution in [3.63, 3.8) is 0 Å². The van der Waals surface area contributed by atoms with Crippen LogP contribution in [0.25, 0.3) is 22.6 Å². The van der Waals surface area contributed by atoms with Crippen molar-refractivity contribution in [3.05, 3.63) is 66.6 Å². The molecular formula is C16H10N2O. The van der Waals surface area contributed by atoms with Crippen LogP contribution in [-0.2, 0) is 0 Å². The lowest BCUT2D eigenvalue weighted by Crippen LogP contribution is -1.84. The largest absolute Gasteiger partial charge is 0.464 e. The predicted octanol–water partition coefficient (Wildman–Crippen LogP) is 3.88. The van der Waals surface area contributed by atoms with Crippen LogP contribution >= 0.6 is 0 Å². The molecule has 3 rings (SSSR count). The molecule has 0 radical (unpaired) electrons. The summed E-state index contributed by atoms with van der Waals surface area (Å²) in [5.41, 5.74) is 3.27. The maximum atomic E-state index is 8.95. The molecule has 0 atom stereocenters. The molecule has 0 fully saturated rings. The van der Waals surface area contributed by atoms with E-state index < -0.39 is 0 Å². The first-order valence-electron chi connectivity index (χ1n) is 5.88. The van der Waals surface area contributed by atoms with Gasteiger partial charge in [0, 0.05) is 17.3 Å². The van der Waals surface area contributed by atoms with Gasteiger partial charge in [0.1, 0.15) is 5.76 Å². The van der Waals surface area contributed by atoms with E-state index in [1.54, 1.807) is 18.5 Å². The number of benzene rings is 1. The summed E-state index contributed by atoms with van der Waals surface area (Å²) in [6.07, 6.45) is 3.39. The molecule has 0 saturated carbocycles. The van der Waals surface area contributed by atoms with E-state index in [-0.39, 0.29) is 0 Å². The summed E-state index contributed by atoms with van der Waals surface area (Å²) in [6, 6.07) is 17.1. The molecule has 0 unspecified atom stereocenters. The van der Waals surface area contributed by atoms with Crippen molar-refractivity contribution in [3.8, 4) is 28.7 Å². The lowest BCUT2D eigenvalue weighted by molar-refractivity contribution is 0.583. The van der Waals surface area contributed by atoms with Crippen LogP contribution in [0.15, 0.2) is 65.4 Å². The SMILES string of the molecule is N#Cc1cccc(-c2occc2-c2ccccn2)c1. The zero-order valence-electron chi connectivity index (χ0n) is 10.1. The van der Waals surface area contributed by atoms with E-state index in [4.69, 9.17) is 9.68 Å². The quantitative estimate of drug-likeness (QED) is 0.689. The second kappa shape index (κ2) is 4.79. The van der Waals surface area contributed by atoms with Gasteiger partial charge in [0.2, 0.25) is 0 Å². The molecule has 3 nitrogen and oxygen atoms in total. The molecule has 90 valence electrons. The molecule has 19 heavy (non-hydrogen) atoms. The number of hydrogen-bond acceptors (Lipinski definition) is 3. The van der Waals surface area contributed by atoms with E-state index in [1.807, 2.05) is 42.5 Å². The highest BCUT2D eigenvalue weighted by atomic mass is 16.3. The third kappa shape index (κ3) is 2.12. The maximum absolute atomic E-state index is 8.95. The van der Waals surface area contributed by atoms with E-state index >= 15 is 0 Å². The van der Waals surface area contributed by atoms with Gasteiger partial charge in [-0.2, -0.15) is 5.26 Å². The van der Waals surface area contributed by atoms with Crippen LogP contribution in [0.3, 0.4) is 0 Å². The molecule has 2 aromatic heterocycles. The molecular weight excluding hydrogens is 236 g/mol. The average Bonchev–Trinajstić information content (AvgIpc) is 2.98. The van der Waals surface area contributed by atoms with E-state index in [2.05, 4.69) is 11.1 Å². The Kier molecular flexibility index (Phi) is 2.83. The summed E-state index contributed by atoms with van der Waals surface area (Å²) in [6.45, 7) is 0. The minimum Gasteiger partial charge on any atom is -0.464 e. The molecule has 0 amide bonds. The van der Waals surface area contributed by atoms with Gasteiger partial charge in [0.05, 0.1) is 23.6 Å². The fraction of sp³-hybridized carbons (Fsp3) is 0. The highest BCUT2D eigenvalue weighted by Gasteiger charge is 2.12. The molecule has 0 N–H and O–H groups in total. The van der Waals surface area contributed by atoms with Gasteiger partial charge in [0.15, 0.2) is 0 Å². The van der Waals surface area contributed by atoms with Crippen LogP contribution < -0.4 is 0 Å². The number of hydrogen-bond donors (Lipinski definition) is 0. The highest BCUT2D eigenvalue weighted by Crippen LogP contribution is 2.32. The molecule has 0 aliphatic carbocycles. The lowest BCUT2D eigenvalue weighted by Gasteiger charge is -2.02. The Hall–Kier alpha value is -2.86. The van der Waals surface area contributed by atoms with Crippen LogP contribution in [0.5, 0.6) is 0 Å². The molecule has 0 spiro atoms. The number of rotatable bonds is 2. The lowest BCUT2D eigenvalue weighted by atomic mass is 10.0. The predicted molar refractivity (Wildman–Crippen MR) is 72.1 cm³/mol. The minimum atomic E-state index is 0.612. The monoisotopic (exact) mass is 246 g/mol. The van der Waals surface area contributed by atoms with Gasteiger partial charge in [-0.25, -0.2) is 0 Å². The summed E-state index contributed by atoms with van der Waals surface area (Å²) in [5.74, 6) is 0.732. The van der Waals surface area contributed by atoms with Crippen LogP contribution in [-0.4, -0.2) is 4.98 Å². The number of aromatic nitrogens is 1. The van der Waals surface area contributed by atoms with Crippen LogP contribution in [0.2, 0.25) is 0 Å². The smallest absolute Gasteiger partial charge is 0.143 e. The average molecular weight is 246 g/mol. The Bertz CT molecular complexity index is 739. The first kappa shape index (κ1) is 11.2. The standard InChI is InChI=1S/C16H10N2O/c17-11-12-4-3-5-13(10-12)16-14(7-9-19-16)15-6-1-2-8-18-15/h1-10H. The molecule has 0 bridgehead atoms. The van der Waals surface area contributed by atoms with Crippen molar-refractivity contribution in [1.29, 1.82) is 5.26 Å². The third-order valence-corrected chi connectivity index (χ3v) is 2.86. The molecule has 2 heterocycles. The van der Waals surface area contributed by atoms with E-state index in [0.29, 0.717) is 5.56 Å². The summed E-state index contributed by atoms with van der Waals surface area (Å²) in [7, 11) is 0. The van der Waals surface area contributed by atoms with Gasteiger partial charge in [-0.3, -0.25) is 4.98 Å². The fourth-order valence-electron chi connectivity index (χ4n) is 1.99. The van der Waals surface area contributed by atoms with Gasteiger partial charge < -0.3 is 4.42 Å². The molecule has 0 aliphatic heterocycles. The van der Waals surface area contributed by atoms with Crippen molar-refractivity contribution in [2.75, 3.05) is 0 Å². The Balaban J connectivity index is 2.13. The molecule has 0 saturated heterocycles. The molecule has 1 aromatic carbocycles. The zero-order chi connectivity index (χ0) is 13.1. The number of nitrogens with zero attached hydrogens (tertiary/aromatic N) is 2. The normalized spacial score (nSPS) is 10.1. The summed E-state index contributed by atoms with van der Waals surface area (Å²) < 4.78 is 5.56. The Morgan fingerprint density at radius 1 is 1.05 bits per heavy atom. The molecule has 3 aromatic rings. The molecule has 0 aliphatic rings. The van der Waals surface area contributed by atoms with Gasteiger partial charge in [0.25, 0.3) is 0 Å². The van der Waals surface area contributed by atoms with Crippen LogP contribution in [0.4, 0.5) is 0 Å². The van der Waals surface area contributed by atoms with Gasteiger partial charge in [-0.05, 0) is 30.3 Å². The Labute approximate surface area is 110 Å². The van der Waals surface area contributed by atoms with Crippen molar-refractivity contribution in [1.82, 2.24) is 4.98 Å².